The molecule has 0 aliphatic heterocycles. The smallest absolute Gasteiger partial charge is 0.0443 e. The Hall–Kier alpha value is -0.750. The van der Waals surface area contributed by atoms with Gasteiger partial charge in [-0.05, 0) is 41.9 Å². The van der Waals surface area contributed by atoms with Gasteiger partial charge in [-0.3, -0.25) is 0 Å². The van der Waals surface area contributed by atoms with E-state index in [0.29, 0.717) is 11.8 Å². The Morgan fingerprint density at radius 3 is 2.79 bits per heavy atom. The minimum absolute atomic E-state index is 0.407. The first-order valence-corrected chi connectivity index (χ1v) is 5.52. The van der Waals surface area contributed by atoms with Gasteiger partial charge in [-0.1, -0.05) is 36.7 Å². The van der Waals surface area contributed by atoms with Gasteiger partial charge < -0.3 is 0 Å². The van der Waals surface area contributed by atoms with Crippen LogP contribution in [0.3, 0.4) is 0 Å². The molecule has 1 aliphatic rings. The van der Waals surface area contributed by atoms with Gasteiger partial charge in [0, 0.05) is 5.02 Å². The summed E-state index contributed by atoms with van der Waals surface area (Å²) in [5.74, 6) is 1.12. The molecule has 14 heavy (non-hydrogen) atoms. The number of hydrogen-bond donors (Lipinski definition) is 0. The molecule has 1 aromatic rings. The molecule has 1 fully saturated rings. The molecule has 0 heterocycles. The summed E-state index contributed by atoms with van der Waals surface area (Å²) in [4.78, 5) is 0. The van der Waals surface area contributed by atoms with Crippen molar-refractivity contribution < 1.29 is 0 Å². The Kier molecular flexibility index (Phi) is 2.64. The van der Waals surface area contributed by atoms with Crippen LogP contribution < -0.4 is 0 Å². The average molecular weight is 207 g/mol. The molecule has 1 aromatic carbocycles. The summed E-state index contributed by atoms with van der Waals surface area (Å²) in [5.41, 5.74) is 2.72. The van der Waals surface area contributed by atoms with Gasteiger partial charge in [-0.15, -0.1) is 6.58 Å². The van der Waals surface area contributed by atoms with Crippen LogP contribution in [0.5, 0.6) is 0 Å². The SMILES string of the molecule is C=CC(C)c1cccc(Cl)c1C1CC1. The van der Waals surface area contributed by atoms with Crippen molar-refractivity contribution in [1.82, 2.24) is 0 Å². The highest BCUT2D eigenvalue weighted by atomic mass is 35.5. The second kappa shape index (κ2) is 3.78. The molecule has 1 atom stereocenters. The fourth-order valence-electron chi connectivity index (χ4n) is 1.88. The normalized spacial score (nSPS) is 17.9. The maximum atomic E-state index is 6.23. The van der Waals surface area contributed by atoms with Crippen LogP contribution in [0, 0.1) is 0 Å². The van der Waals surface area contributed by atoms with Gasteiger partial charge in [0.2, 0.25) is 0 Å². The van der Waals surface area contributed by atoms with Crippen LogP contribution in [0.25, 0.3) is 0 Å². The topological polar surface area (TPSA) is 0 Å². The lowest BCUT2D eigenvalue weighted by Crippen LogP contribution is -1.96. The summed E-state index contributed by atoms with van der Waals surface area (Å²) in [6, 6.07) is 6.20. The Bertz CT molecular complexity index is 350. The van der Waals surface area contributed by atoms with E-state index in [-0.39, 0.29) is 0 Å². The lowest BCUT2D eigenvalue weighted by Gasteiger charge is -2.14. The Balaban J connectivity index is 2.46. The summed E-state index contributed by atoms with van der Waals surface area (Å²) < 4.78 is 0. The monoisotopic (exact) mass is 206 g/mol. The molecule has 1 saturated carbocycles. The summed E-state index contributed by atoms with van der Waals surface area (Å²) >= 11 is 6.23. The summed E-state index contributed by atoms with van der Waals surface area (Å²) in [7, 11) is 0. The molecule has 74 valence electrons. The maximum Gasteiger partial charge on any atom is 0.0443 e. The van der Waals surface area contributed by atoms with Crippen LogP contribution >= 0.6 is 11.6 Å². The molecule has 0 radical (unpaired) electrons. The standard InChI is InChI=1S/C13H15Cl/c1-3-9(2)11-5-4-6-12(14)13(11)10-7-8-10/h3-6,9-10H,1,7-8H2,2H3. The van der Waals surface area contributed by atoms with E-state index in [1.807, 2.05) is 18.2 Å². The van der Waals surface area contributed by atoms with Crippen molar-refractivity contribution in [2.24, 2.45) is 0 Å². The van der Waals surface area contributed by atoms with Gasteiger partial charge in [0.05, 0.1) is 0 Å². The highest BCUT2D eigenvalue weighted by Crippen LogP contribution is 2.46. The van der Waals surface area contributed by atoms with Crippen LogP contribution in [0.4, 0.5) is 0 Å². The lowest BCUT2D eigenvalue weighted by atomic mass is 9.93. The fourth-order valence-corrected chi connectivity index (χ4v) is 2.22. The van der Waals surface area contributed by atoms with Gasteiger partial charge in [-0.2, -0.15) is 0 Å². The molecule has 0 saturated heterocycles. The predicted octanol–water partition coefficient (Wildman–Crippen LogP) is 4.51. The van der Waals surface area contributed by atoms with Crippen LogP contribution in [-0.2, 0) is 0 Å². The van der Waals surface area contributed by atoms with Crippen molar-refractivity contribution >= 4 is 11.6 Å². The number of hydrogen-bond acceptors (Lipinski definition) is 0. The molecule has 1 aliphatic carbocycles. The molecule has 1 heteroatoms. The Morgan fingerprint density at radius 1 is 1.50 bits per heavy atom. The van der Waals surface area contributed by atoms with Crippen molar-refractivity contribution in [3.8, 4) is 0 Å². The molecule has 2 rings (SSSR count). The van der Waals surface area contributed by atoms with Gasteiger partial charge in [0.1, 0.15) is 0 Å². The van der Waals surface area contributed by atoms with Crippen molar-refractivity contribution in [3.05, 3.63) is 47.0 Å². The van der Waals surface area contributed by atoms with E-state index >= 15 is 0 Å². The summed E-state index contributed by atoms with van der Waals surface area (Å²) in [6.45, 7) is 6.02. The number of rotatable bonds is 3. The molecule has 0 N–H and O–H groups in total. The first kappa shape index (κ1) is 9.79. The van der Waals surface area contributed by atoms with Crippen molar-refractivity contribution in [2.45, 2.75) is 31.6 Å². The maximum absolute atomic E-state index is 6.23. The molecular formula is C13H15Cl. The number of benzene rings is 1. The van der Waals surface area contributed by atoms with E-state index in [2.05, 4.69) is 19.6 Å². The third kappa shape index (κ3) is 1.72. The molecule has 0 nitrogen and oxygen atoms in total. The zero-order valence-electron chi connectivity index (χ0n) is 8.46. The zero-order valence-corrected chi connectivity index (χ0v) is 9.22. The molecular weight excluding hydrogens is 192 g/mol. The number of allylic oxidation sites excluding steroid dienone is 1. The van der Waals surface area contributed by atoms with Crippen LogP contribution in [0.15, 0.2) is 30.9 Å². The van der Waals surface area contributed by atoms with Crippen molar-refractivity contribution in [2.75, 3.05) is 0 Å². The Morgan fingerprint density at radius 2 is 2.21 bits per heavy atom. The average Bonchev–Trinajstić information content (AvgIpc) is 3.00. The second-order valence-electron chi connectivity index (χ2n) is 4.04. The van der Waals surface area contributed by atoms with Crippen LogP contribution in [-0.4, -0.2) is 0 Å². The first-order chi connectivity index (χ1) is 6.74. The fraction of sp³-hybridized carbons (Fsp3) is 0.385. The zero-order chi connectivity index (χ0) is 10.1. The van der Waals surface area contributed by atoms with E-state index in [0.717, 1.165) is 5.02 Å². The third-order valence-electron chi connectivity index (χ3n) is 2.92. The van der Waals surface area contributed by atoms with Crippen molar-refractivity contribution in [3.63, 3.8) is 0 Å². The second-order valence-corrected chi connectivity index (χ2v) is 4.45. The lowest BCUT2D eigenvalue weighted by molar-refractivity contribution is 0.927. The van der Waals surface area contributed by atoms with E-state index in [1.54, 1.807) is 0 Å². The van der Waals surface area contributed by atoms with E-state index < -0.39 is 0 Å². The van der Waals surface area contributed by atoms with Gasteiger partial charge in [0.25, 0.3) is 0 Å². The van der Waals surface area contributed by atoms with Crippen LogP contribution in [0.2, 0.25) is 5.02 Å². The molecule has 0 spiro atoms. The first-order valence-electron chi connectivity index (χ1n) is 5.15. The summed E-state index contributed by atoms with van der Waals surface area (Å²) in [5, 5.41) is 0.929. The van der Waals surface area contributed by atoms with Gasteiger partial charge in [0.15, 0.2) is 0 Å². The summed E-state index contributed by atoms with van der Waals surface area (Å²) in [6.07, 6.45) is 4.57. The van der Waals surface area contributed by atoms with E-state index in [4.69, 9.17) is 11.6 Å². The molecule has 1 unspecified atom stereocenters. The largest absolute Gasteiger partial charge is 0.102 e. The highest BCUT2D eigenvalue weighted by molar-refractivity contribution is 6.31. The minimum atomic E-state index is 0.407. The quantitative estimate of drug-likeness (QED) is 0.639. The minimum Gasteiger partial charge on any atom is -0.102 e. The molecule has 0 amide bonds. The van der Waals surface area contributed by atoms with E-state index in [9.17, 15) is 0 Å². The van der Waals surface area contributed by atoms with Gasteiger partial charge >= 0.3 is 0 Å². The number of halogens is 1. The Labute approximate surface area is 90.6 Å². The van der Waals surface area contributed by atoms with Crippen LogP contribution in [0.1, 0.15) is 42.7 Å². The predicted molar refractivity (Wildman–Crippen MR) is 62.0 cm³/mol. The highest BCUT2D eigenvalue weighted by Gasteiger charge is 2.28. The third-order valence-corrected chi connectivity index (χ3v) is 3.25. The molecule has 0 aromatic heterocycles. The van der Waals surface area contributed by atoms with E-state index in [1.165, 1.54) is 24.0 Å². The van der Waals surface area contributed by atoms with Crippen molar-refractivity contribution in [1.29, 1.82) is 0 Å². The van der Waals surface area contributed by atoms with Gasteiger partial charge in [-0.25, -0.2) is 0 Å². The molecule has 0 bridgehead atoms.